The Morgan fingerprint density at radius 2 is 2.13 bits per heavy atom. The fourth-order valence-corrected chi connectivity index (χ4v) is 4.00. The summed E-state index contributed by atoms with van der Waals surface area (Å²) in [6.45, 7) is 2.62. The van der Waals surface area contributed by atoms with Crippen LogP contribution in [0.4, 0.5) is 0 Å². The van der Waals surface area contributed by atoms with Crippen molar-refractivity contribution in [3.05, 3.63) is 46.5 Å². The van der Waals surface area contributed by atoms with Gasteiger partial charge in [-0.25, -0.2) is 0 Å². The van der Waals surface area contributed by atoms with Gasteiger partial charge in [0.15, 0.2) is 0 Å². The Hall–Kier alpha value is -1.32. The third-order valence-electron chi connectivity index (χ3n) is 5.11. The molecule has 0 radical (unpaired) electrons. The van der Waals surface area contributed by atoms with Gasteiger partial charge >= 0.3 is 0 Å². The van der Waals surface area contributed by atoms with E-state index in [1.165, 1.54) is 5.57 Å². The number of hydrogen-bond acceptors (Lipinski definition) is 2. The Labute approximate surface area is 143 Å². The summed E-state index contributed by atoms with van der Waals surface area (Å²) in [4.78, 5) is 12.9. The van der Waals surface area contributed by atoms with E-state index in [1.807, 2.05) is 18.2 Å². The van der Waals surface area contributed by atoms with Crippen LogP contribution in [0.15, 0.2) is 35.9 Å². The van der Waals surface area contributed by atoms with Crippen LogP contribution in [-0.2, 0) is 11.2 Å². The largest absolute Gasteiger partial charge is 0.352 e. The zero-order valence-corrected chi connectivity index (χ0v) is 14.3. The van der Waals surface area contributed by atoms with E-state index in [0.29, 0.717) is 6.54 Å². The van der Waals surface area contributed by atoms with E-state index in [0.717, 1.165) is 62.2 Å². The molecule has 2 aliphatic rings. The molecule has 1 aliphatic heterocycles. The quantitative estimate of drug-likeness (QED) is 0.810. The van der Waals surface area contributed by atoms with Crippen LogP contribution in [0.2, 0.25) is 5.02 Å². The summed E-state index contributed by atoms with van der Waals surface area (Å²) in [5.41, 5.74) is 2.25. The molecule has 3 rings (SSSR count). The summed E-state index contributed by atoms with van der Waals surface area (Å²) < 4.78 is 0. The first kappa shape index (κ1) is 16.5. The Bertz CT molecular complexity index is 591. The van der Waals surface area contributed by atoms with Crippen molar-refractivity contribution in [1.29, 1.82) is 0 Å². The molecule has 3 nitrogen and oxygen atoms in total. The van der Waals surface area contributed by atoms with Gasteiger partial charge in [0.2, 0.25) is 5.91 Å². The van der Waals surface area contributed by atoms with Crippen LogP contribution in [0.1, 0.15) is 37.7 Å². The summed E-state index contributed by atoms with van der Waals surface area (Å²) >= 11 is 6.10. The highest BCUT2D eigenvalue weighted by molar-refractivity contribution is 6.30. The van der Waals surface area contributed by atoms with E-state index >= 15 is 0 Å². The number of nitrogens with one attached hydrogen (secondary N) is 2. The molecule has 1 aliphatic carbocycles. The molecular weight excluding hydrogens is 308 g/mol. The highest BCUT2D eigenvalue weighted by Crippen LogP contribution is 2.41. The van der Waals surface area contributed by atoms with Crippen molar-refractivity contribution in [3.63, 3.8) is 0 Å². The van der Waals surface area contributed by atoms with Gasteiger partial charge in [0.1, 0.15) is 0 Å². The average Bonchev–Trinajstić information content (AvgIpc) is 3.03. The Morgan fingerprint density at radius 3 is 2.83 bits per heavy atom. The third kappa shape index (κ3) is 4.15. The van der Waals surface area contributed by atoms with Crippen LogP contribution >= 0.6 is 11.6 Å². The van der Waals surface area contributed by atoms with Crippen LogP contribution in [0.3, 0.4) is 0 Å². The molecule has 1 saturated carbocycles. The van der Waals surface area contributed by atoms with Gasteiger partial charge in [-0.3, -0.25) is 4.79 Å². The van der Waals surface area contributed by atoms with Crippen molar-refractivity contribution in [1.82, 2.24) is 10.6 Å². The number of amides is 1. The van der Waals surface area contributed by atoms with E-state index in [2.05, 4.69) is 22.8 Å². The number of rotatable bonds is 5. The molecule has 1 aromatic rings. The molecule has 1 amide bonds. The molecule has 0 unspecified atom stereocenters. The number of hydrogen-bond donors (Lipinski definition) is 2. The second-order valence-corrected chi connectivity index (χ2v) is 7.23. The number of carbonyl (C=O) groups is 1. The van der Waals surface area contributed by atoms with Crippen molar-refractivity contribution in [2.75, 3.05) is 19.6 Å². The standard InChI is InChI=1S/C19H25ClN2O/c20-17-5-3-4-16(12-17)13-19(8-1-2-9-19)18(23)22-14-15-6-10-21-11-7-15/h3-6,12,21H,1-2,7-11,13-14H2,(H,22,23). The zero-order valence-electron chi connectivity index (χ0n) is 13.5. The Morgan fingerprint density at radius 1 is 1.30 bits per heavy atom. The number of halogens is 1. The molecule has 1 heterocycles. The first-order valence-corrected chi connectivity index (χ1v) is 8.97. The molecule has 2 N–H and O–H groups in total. The molecular formula is C19H25ClN2O. The number of benzene rings is 1. The predicted molar refractivity (Wildman–Crippen MR) is 94.6 cm³/mol. The Balaban J connectivity index is 1.67. The van der Waals surface area contributed by atoms with Gasteiger partial charge in [-0.05, 0) is 49.9 Å². The SMILES string of the molecule is O=C(NCC1=CCNCC1)C1(Cc2cccc(Cl)c2)CCCC1. The van der Waals surface area contributed by atoms with Crippen molar-refractivity contribution in [2.24, 2.45) is 5.41 Å². The molecule has 0 aromatic heterocycles. The molecule has 0 spiro atoms. The van der Waals surface area contributed by atoms with Gasteiger partial charge < -0.3 is 10.6 Å². The van der Waals surface area contributed by atoms with Crippen LogP contribution in [0.25, 0.3) is 0 Å². The van der Waals surface area contributed by atoms with Crippen LogP contribution in [0, 0.1) is 5.41 Å². The first-order valence-electron chi connectivity index (χ1n) is 8.59. The molecule has 0 bridgehead atoms. The minimum Gasteiger partial charge on any atom is -0.352 e. The van der Waals surface area contributed by atoms with Gasteiger partial charge in [-0.2, -0.15) is 0 Å². The summed E-state index contributed by atoms with van der Waals surface area (Å²) in [5, 5.41) is 7.25. The zero-order chi connectivity index (χ0) is 16.1. The molecule has 1 fully saturated rings. The highest BCUT2D eigenvalue weighted by atomic mass is 35.5. The van der Waals surface area contributed by atoms with E-state index in [1.54, 1.807) is 0 Å². The fourth-order valence-electron chi connectivity index (χ4n) is 3.79. The molecule has 23 heavy (non-hydrogen) atoms. The number of carbonyl (C=O) groups excluding carboxylic acids is 1. The fraction of sp³-hybridized carbons (Fsp3) is 0.526. The lowest BCUT2D eigenvalue weighted by atomic mass is 9.79. The van der Waals surface area contributed by atoms with E-state index in [-0.39, 0.29) is 11.3 Å². The molecule has 4 heteroatoms. The molecule has 1 aromatic carbocycles. The lowest BCUT2D eigenvalue weighted by molar-refractivity contribution is -0.130. The highest BCUT2D eigenvalue weighted by Gasteiger charge is 2.40. The van der Waals surface area contributed by atoms with Crippen molar-refractivity contribution >= 4 is 17.5 Å². The van der Waals surface area contributed by atoms with Crippen LogP contribution < -0.4 is 10.6 Å². The van der Waals surface area contributed by atoms with Crippen molar-refractivity contribution < 1.29 is 4.79 Å². The maximum Gasteiger partial charge on any atom is 0.226 e. The molecule has 0 atom stereocenters. The average molecular weight is 333 g/mol. The van der Waals surface area contributed by atoms with Gasteiger partial charge in [-0.15, -0.1) is 0 Å². The summed E-state index contributed by atoms with van der Waals surface area (Å²) in [6.07, 6.45) is 8.25. The molecule has 124 valence electrons. The van der Waals surface area contributed by atoms with E-state index < -0.39 is 0 Å². The smallest absolute Gasteiger partial charge is 0.226 e. The van der Waals surface area contributed by atoms with Crippen molar-refractivity contribution in [2.45, 2.75) is 38.5 Å². The third-order valence-corrected chi connectivity index (χ3v) is 5.34. The summed E-state index contributed by atoms with van der Waals surface area (Å²) in [6, 6.07) is 7.92. The van der Waals surface area contributed by atoms with Gasteiger partial charge in [0, 0.05) is 18.1 Å². The van der Waals surface area contributed by atoms with Gasteiger partial charge in [-0.1, -0.05) is 48.2 Å². The lowest BCUT2D eigenvalue weighted by Gasteiger charge is -2.28. The van der Waals surface area contributed by atoms with Crippen molar-refractivity contribution in [3.8, 4) is 0 Å². The lowest BCUT2D eigenvalue weighted by Crippen LogP contribution is -2.42. The van der Waals surface area contributed by atoms with Gasteiger partial charge in [0.05, 0.1) is 5.41 Å². The first-order chi connectivity index (χ1) is 11.2. The Kier molecular flexibility index (Phi) is 5.39. The maximum absolute atomic E-state index is 12.9. The summed E-state index contributed by atoms with van der Waals surface area (Å²) in [7, 11) is 0. The van der Waals surface area contributed by atoms with Crippen LogP contribution in [0.5, 0.6) is 0 Å². The minimum absolute atomic E-state index is 0.217. The van der Waals surface area contributed by atoms with Gasteiger partial charge in [0.25, 0.3) is 0 Å². The summed E-state index contributed by atoms with van der Waals surface area (Å²) in [5.74, 6) is 0.217. The van der Waals surface area contributed by atoms with E-state index in [4.69, 9.17) is 11.6 Å². The van der Waals surface area contributed by atoms with E-state index in [9.17, 15) is 4.79 Å². The predicted octanol–water partition coefficient (Wildman–Crippen LogP) is 3.48. The second kappa shape index (κ2) is 7.50. The topological polar surface area (TPSA) is 41.1 Å². The second-order valence-electron chi connectivity index (χ2n) is 6.79. The minimum atomic E-state index is -0.252. The normalized spacial score (nSPS) is 20.1. The maximum atomic E-state index is 12.9. The monoisotopic (exact) mass is 332 g/mol. The molecule has 0 saturated heterocycles. The van der Waals surface area contributed by atoms with Crippen LogP contribution in [-0.4, -0.2) is 25.5 Å².